The predicted molar refractivity (Wildman–Crippen MR) is 113 cm³/mol. The van der Waals surface area contributed by atoms with E-state index < -0.39 is 23.0 Å². The van der Waals surface area contributed by atoms with Crippen molar-refractivity contribution < 1.29 is 27.8 Å². The molecule has 0 spiro atoms. The van der Waals surface area contributed by atoms with Crippen LogP contribution in [-0.2, 0) is 6.18 Å². The maximum atomic E-state index is 13.0. The molecular weight excluding hydrogens is 465 g/mol. The number of hydrogen-bond acceptors (Lipinski definition) is 6. The van der Waals surface area contributed by atoms with Crippen molar-refractivity contribution in [2.75, 3.05) is 25.0 Å². The maximum Gasteiger partial charge on any atom is 0.420 e. The smallest absolute Gasteiger partial charge is 0.420 e. The van der Waals surface area contributed by atoms with Crippen LogP contribution in [0.15, 0.2) is 6.20 Å². The number of likely N-dealkylation sites (tertiary alicyclic amines) is 1. The number of aryl methyl sites for hydroxylation is 1. The Morgan fingerprint density at radius 2 is 2.09 bits per heavy atom. The topological polar surface area (TPSA) is 105 Å². The second-order valence-electron chi connectivity index (χ2n) is 8.55. The number of rotatable bonds is 6. The first-order valence-corrected chi connectivity index (χ1v) is 11.0. The zero-order valence-electron chi connectivity index (χ0n) is 18.1. The molecule has 33 heavy (non-hydrogen) atoms. The molecule has 2 atom stereocenters. The average molecular weight is 489 g/mol. The third-order valence-electron chi connectivity index (χ3n) is 6.21. The lowest BCUT2D eigenvalue weighted by atomic mass is 9.93. The van der Waals surface area contributed by atoms with Crippen LogP contribution in [-0.4, -0.2) is 55.5 Å². The van der Waals surface area contributed by atoms with Crippen molar-refractivity contribution in [2.24, 2.45) is 11.8 Å². The molecule has 1 amide bonds. The summed E-state index contributed by atoms with van der Waals surface area (Å²) in [6, 6.07) is 0.126. The summed E-state index contributed by atoms with van der Waals surface area (Å²) in [5.74, 6) is 0.884. The number of nitrogens with one attached hydrogen (secondary N) is 1. The highest BCUT2D eigenvalue weighted by molar-refractivity contribution is 6.30. The van der Waals surface area contributed by atoms with Gasteiger partial charge in [-0.05, 0) is 32.1 Å². The van der Waals surface area contributed by atoms with Crippen molar-refractivity contribution in [3.63, 3.8) is 0 Å². The van der Waals surface area contributed by atoms with E-state index in [0.29, 0.717) is 36.5 Å². The number of carbonyl (C=O) groups is 1. The Labute approximate surface area is 192 Å². The van der Waals surface area contributed by atoms with Crippen molar-refractivity contribution in [3.8, 4) is 5.75 Å². The molecule has 1 aliphatic heterocycles. The number of hydrogen-bond donors (Lipinski definition) is 2. The van der Waals surface area contributed by atoms with Gasteiger partial charge in [0.2, 0.25) is 5.95 Å². The molecule has 2 aliphatic rings. The van der Waals surface area contributed by atoms with Gasteiger partial charge >= 0.3 is 12.3 Å². The van der Waals surface area contributed by atoms with E-state index in [-0.39, 0.29) is 30.4 Å². The maximum absolute atomic E-state index is 13.0. The van der Waals surface area contributed by atoms with Crippen molar-refractivity contribution in [1.82, 2.24) is 24.6 Å². The highest BCUT2D eigenvalue weighted by Gasteiger charge is 2.36. The molecule has 0 radical (unpaired) electrons. The SMILES string of the molecule is Cc1nn(C2CCC2)c(Nc2ncc(C(F)(F)F)c(Cl)n2)c1OCC1CN(C(=O)O)CC1C. The fourth-order valence-electron chi connectivity index (χ4n) is 4.03. The van der Waals surface area contributed by atoms with Crippen LogP contribution in [0.5, 0.6) is 5.75 Å². The number of halogens is 4. The van der Waals surface area contributed by atoms with Gasteiger partial charge in [-0.15, -0.1) is 0 Å². The van der Waals surface area contributed by atoms with Crippen LogP contribution in [0.25, 0.3) is 0 Å². The van der Waals surface area contributed by atoms with E-state index in [1.807, 2.05) is 6.92 Å². The fourth-order valence-corrected chi connectivity index (χ4v) is 4.27. The van der Waals surface area contributed by atoms with Crippen LogP contribution in [0.2, 0.25) is 5.15 Å². The van der Waals surface area contributed by atoms with Crippen LogP contribution < -0.4 is 10.1 Å². The fraction of sp³-hybridized carbons (Fsp3) is 0.600. The molecule has 9 nitrogen and oxygen atoms in total. The molecule has 2 aromatic rings. The summed E-state index contributed by atoms with van der Waals surface area (Å²) in [7, 11) is 0. The summed E-state index contributed by atoms with van der Waals surface area (Å²) in [5, 5.41) is 16.0. The van der Waals surface area contributed by atoms with Gasteiger partial charge in [-0.3, -0.25) is 0 Å². The Morgan fingerprint density at radius 1 is 1.36 bits per heavy atom. The largest absolute Gasteiger partial charge is 0.487 e. The summed E-state index contributed by atoms with van der Waals surface area (Å²) >= 11 is 5.75. The molecule has 3 heterocycles. The van der Waals surface area contributed by atoms with Crippen molar-refractivity contribution in [2.45, 2.75) is 45.3 Å². The molecule has 0 bridgehead atoms. The lowest BCUT2D eigenvalue weighted by molar-refractivity contribution is -0.137. The second kappa shape index (κ2) is 8.88. The van der Waals surface area contributed by atoms with Crippen LogP contribution in [0.4, 0.5) is 29.7 Å². The Bertz CT molecular complexity index is 1040. The quantitative estimate of drug-likeness (QED) is 0.565. The third-order valence-corrected chi connectivity index (χ3v) is 6.50. The van der Waals surface area contributed by atoms with E-state index in [0.717, 1.165) is 19.3 Å². The minimum Gasteiger partial charge on any atom is -0.487 e. The Kier molecular flexibility index (Phi) is 6.30. The molecule has 2 aromatic heterocycles. The van der Waals surface area contributed by atoms with Crippen molar-refractivity contribution in [3.05, 3.63) is 22.6 Å². The van der Waals surface area contributed by atoms with Gasteiger partial charge in [-0.25, -0.2) is 19.4 Å². The second-order valence-corrected chi connectivity index (χ2v) is 8.91. The molecule has 1 aliphatic carbocycles. The number of anilines is 2. The monoisotopic (exact) mass is 488 g/mol. The van der Waals surface area contributed by atoms with Crippen LogP contribution in [0.1, 0.15) is 43.5 Å². The Hall–Kier alpha value is -2.76. The number of alkyl halides is 3. The Balaban J connectivity index is 1.58. The zero-order valence-corrected chi connectivity index (χ0v) is 18.8. The number of ether oxygens (including phenoxy) is 1. The zero-order chi connectivity index (χ0) is 23.9. The van der Waals surface area contributed by atoms with E-state index in [9.17, 15) is 23.1 Å². The van der Waals surface area contributed by atoms with E-state index in [4.69, 9.17) is 16.3 Å². The summed E-state index contributed by atoms with van der Waals surface area (Å²) in [6.45, 7) is 4.82. The number of nitrogens with zero attached hydrogens (tertiary/aromatic N) is 5. The van der Waals surface area contributed by atoms with Gasteiger partial charge in [0.15, 0.2) is 11.6 Å². The van der Waals surface area contributed by atoms with E-state index >= 15 is 0 Å². The highest BCUT2D eigenvalue weighted by atomic mass is 35.5. The lowest BCUT2D eigenvalue weighted by Crippen LogP contribution is -2.27. The number of amides is 1. The number of aromatic nitrogens is 4. The summed E-state index contributed by atoms with van der Waals surface area (Å²) < 4.78 is 46.8. The first kappa shape index (κ1) is 23.4. The van der Waals surface area contributed by atoms with Crippen molar-refractivity contribution >= 4 is 29.5 Å². The van der Waals surface area contributed by atoms with Gasteiger partial charge in [-0.1, -0.05) is 18.5 Å². The van der Waals surface area contributed by atoms with E-state index in [1.54, 1.807) is 11.6 Å². The van der Waals surface area contributed by atoms with Gasteiger partial charge in [0, 0.05) is 25.2 Å². The predicted octanol–water partition coefficient (Wildman–Crippen LogP) is 4.75. The molecule has 13 heteroatoms. The normalized spacial score (nSPS) is 21.2. The van der Waals surface area contributed by atoms with Gasteiger partial charge in [0.1, 0.15) is 16.4 Å². The highest BCUT2D eigenvalue weighted by Crippen LogP contribution is 2.41. The molecule has 0 aromatic carbocycles. The molecule has 2 fully saturated rings. The van der Waals surface area contributed by atoms with Crippen molar-refractivity contribution in [1.29, 1.82) is 0 Å². The summed E-state index contributed by atoms with van der Waals surface area (Å²) in [4.78, 5) is 20.2. The lowest BCUT2D eigenvalue weighted by Gasteiger charge is -2.27. The molecule has 2 unspecified atom stereocenters. The molecule has 1 saturated heterocycles. The standard InChI is InChI=1S/C20H24ClF3N6O3/c1-10-7-29(19(31)32)8-12(10)9-33-15-11(2)28-30(13-4-3-5-13)17(15)27-18-25-6-14(16(21)26-18)20(22,23)24/h6,10,12-13H,3-5,7-9H2,1-2H3,(H,31,32)(H,25,26,27). The van der Waals surface area contributed by atoms with Crippen LogP contribution in [0.3, 0.4) is 0 Å². The van der Waals surface area contributed by atoms with E-state index in [2.05, 4.69) is 20.4 Å². The number of carboxylic acid groups (broad SMARTS) is 1. The van der Waals surface area contributed by atoms with Gasteiger partial charge < -0.3 is 20.1 Å². The molecule has 180 valence electrons. The van der Waals surface area contributed by atoms with Gasteiger partial charge in [-0.2, -0.15) is 18.3 Å². The summed E-state index contributed by atoms with van der Waals surface area (Å²) in [6.07, 6.45) is -2.11. The van der Waals surface area contributed by atoms with Crippen LogP contribution in [0, 0.1) is 18.8 Å². The molecular formula is C20H24ClF3N6O3. The molecule has 2 N–H and O–H groups in total. The first-order valence-electron chi connectivity index (χ1n) is 10.6. The van der Waals surface area contributed by atoms with E-state index in [1.165, 1.54) is 4.90 Å². The minimum absolute atomic E-state index is 0.00262. The third kappa shape index (κ3) is 4.80. The Morgan fingerprint density at radius 3 is 2.64 bits per heavy atom. The minimum atomic E-state index is -4.66. The van der Waals surface area contributed by atoms with Crippen LogP contribution >= 0.6 is 11.6 Å². The molecule has 4 rings (SSSR count). The van der Waals surface area contributed by atoms with Gasteiger partial charge in [0.05, 0.1) is 12.6 Å². The van der Waals surface area contributed by atoms with Gasteiger partial charge in [0.25, 0.3) is 0 Å². The summed E-state index contributed by atoms with van der Waals surface area (Å²) in [5.41, 5.74) is -0.517. The average Bonchev–Trinajstić information content (AvgIpc) is 3.18. The molecule has 1 saturated carbocycles. The first-order chi connectivity index (χ1) is 15.5.